The smallest absolute Gasteiger partial charge is 0.00618 e. The largest absolute Gasteiger partial charge is 0.0707 e. The summed E-state index contributed by atoms with van der Waals surface area (Å²) in [5.74, 6) is 1.94. The van der Waals surface area contributed by atoms with Crippen molar-refractivity contribution in [2.75, 3.05) is 0 Å². The lowest BCUT2D eigenvalue weighted by Crippen LogP contribution is -1.99. The molecule has 0 nitrogen and oxygen atoms in total. The Morgan fingerprint density at radius 3 is 2.30 bits per heavy atom. The Balaban J connectivity index is 2.19. The molecular formula is C20H30. The van der Waals surface area contributed by atoms with Crippen LogP contribution in [0.3, 0.4) is 0 Å². The summed E-state index contributed by atoms with van der Waals surface area (Å²) in [5, 5.41) is 0. The van der Waals surface area contributed by atoms with E-state index in [-0.39, 0.29) is 0 Å². The maximum atomic E-state index is 2.40. The number of rotatable bonds is 6. The van der Waals surface area contributed by atoms with Gasteiger partial charge in [-0.1, -0.05) is 55.7 Å². The summed E-state index contributed by atoms with van der Waals surface area (Å²) in [6.07, 6.45) is 6.40. The lowest BCUT2D eigenvalue weighted by Gasteiger charge is -2.15. The topological polar surface area (TPSA) is 0 Å². The van der Waals surface area contributed by atoms with E-state index in [4.69, 9.17) is 0 Å². The van der Waals surface area contributed by atoms with Gasteiger partial charge in [-0.25, -0.2) is 0 Å². The van der Waals surface area contributed by atoms with E-state index in [9.17, 15) is 0 Å². The van der Waals surface area contributed by atoms with Gasteiger partial charge in [0.1, 0.15) is 0 Å². The van der Waals surface area contributed by atoms with Gasteiger partial charge in [-0.15, -0.1) is 0 Å². The Kier molecular flexibility index (Phi) is 5.07. The van der Waals surface area contributed by atoms with Crippen molar-refractivity contribution >= 4 is 0 Å². The van der Waals surface area contributed by atoms with Crippen LogP contribution in [0.4, 0.5) is 0 Å². The summed E-state index contributed by atoms with van der Waals surface area (Å²) in [4.78, 5) is 0. The van der Waals surface area contributed by atoms with Crippen molar-refractivity contribution in [3.05, 3.63) is 46.0 Å². The van der Waals surface area contributed by atoms with Crippen molar-refractivity contribution in [3.63, 3.8) is 0 Å². The molecule has 1 aromatic rings. The zero-order valence-corrected chi connectivity index (χ0v) is 13.9. The number of hydrogen-bond donors (Lipinski definition) is 0. The van der Waals surface area contributed by atoms with Crippen molar-refractivity contribution in [1.29, 1.82) is 0 Å². The van der Waals surface area contributed by atoms with Gasteiger partial charge in [0.25, 0.3) is 0 Å². The van der Waals surface area contributed by atoms with E-state index in [1.54, 1.807) is 11.1 Å². The number of aryl methyl sites for hydroxylation is 2. The molecule has 1 aromatic carbocycles. The van der Waals surface area contributed by atoms with Crippen LogP contribution in [0.25, 0.3) is 0 Å². The molecule has 1 aliphatic carbocycles. The van der Waals surface area contributed by atoms with Crippen LogP contribution in [-0.4, -0.2) is 0 Å². The van der Waals surface area contributed by atoms with Gasteiger partial charge in [-0.05, 0) is 68.9 Å². The quantitative estimate of drug-likeness (QED) is 0.555. The van der Waals surface area contributed by atoms with Gasteiger partial charge in [0, 0.05) is 0 Å². The highest BCUT2D eigenvalue weighted by molar-refractivity contribution is 5.35. The van der Waals surface area contributed by atoms with Crippen molar-refractivity contribution in [3.8, 4) is 0 Å². The van der Waals surface area contributed by atoms with Crippen molar-refractivity contribution in [2.45, 2.75) is 66.7 Å². The van der Waals surface area contributed by atoms with E-state index < -0.39 is 0 Å². The Morgan fingerprint density at radius 2 is 1.75 bits per heavy atom. The SMILES string of the molecule is CCC(Cc1cc(C)ccc1C)=C(CC)CC1CC1C. The summed E-state index contributed by atoms with van der Waals surface area (Å²) >= 11 is 0. The summed E-state index contributed by atoms with van der Waals surface area (Å²) < 4.78 is 0. The van der Waals surface area contributed by atoms with Crippen LogP contribution in [0.5, 0.6) is 0 Å². The third-order valence-electron chi connectivity index (χ3n) is 5.05. The molecule has 0 amide bonds. The summed E-state index contributed by atoms with van der Waals surface area (Å²) in [6, 6.07) is 6.87. The molecule has 0 heteroatoms. The van der Waals surface area contributed by atoms with Crippen molar-refractivity contribution < 1.29 is 0 Å². The van der Waals surface area contributed by atoms with Crippen LogP contribution in [0.15, 0.2) is 29.3 Å². The predicted octanol–water partition coefficient (Wildman–Crippen LogP) is 6.01. The first-order valence-electron chi connectivity index (χ1n) is 8.31. The van der Waals surface area contributed by atoms with Crippen LogP contribution in [-0.2, 0) is 6.42 Å². The normalized spacial score (nSPS) is 22.6. The van der Waals surface area contributed by atoms with Crippen molar-refractivity contribution in [2.24, 2.45) is 11.8 Å². The third-order valence-corrected chi connectivity index (χ3v) is 5.05. The monoisotopic (exact) mass is 270 g/mol. The van der Waals surface area contributed by atoms with Crippen molar-refractivity contribution in [1.82, 2.24) is 0 Å². The predicted molar refractivity (Wildman–Crippen MR) is 89.1 cm³/mol. The molecule has 0 spiro atoms. The lowest BCUT2D eigenvalue weighted by molar-refractivity contribution is 0.706. The Hall–Kier alpha value is -1.04. The molecule has 0 saturated heterocycles. The molecule has 0 aliphatic heterocycles. The lowest BCUT2D eigenvalue weighted by atomic mass is 9.91. The van der Waals surface area contributed by atoms with Gasteiger partial charge >= 0.3 is 0 Å². The first-order chi connectivity index (χ1) is 9.55. The number of allylic oxidation sites excluding steroid dienone is 2. The van der Waals surface area contributed by atoms with Gasteiger partial charge in [-0.2, -0.15) is 0 Å². The Bertz CT molecular complexity index is 493. The van der Waals surface area contributed by atoms with Crippen LogP contribution in [0.1, 0.15) is 63.1 Å². The molecule has 2 rings (SSSR count). The molecule has 1 aliphatic rings. The van der Waals surface area contributed by atoms with E-state index in [2.05, 4.69) is 52.8 Å². The zero-order chi connectivity index (χ0) is 14.7. The van der Waals surface area contributed by atoms with E-state index in [0.717, 1.165) is 18.3 Å². The minimum atomic E-state index is 0.968. The molecule has 0 bridgehead atoms. The fourth-order valence-electron chi connectivity index (χ4n) is 3.26. The molecule has 0 aromatic heterocycles. The average Bonchev–Trinajstić information content (AvgIpc) is 3.13. The van der Waals surface area contributed by atoms with Gasteiger partial charge in [0.15, 0.2) is 0 Å². The minimum absolute atomic E-state index is 0.968. The maximum Gasteiger partial charge on any atom is -0.00618 e. The first kappa shape index (κ1) is 15.4. The molecule has 0 heterocycles. The first-order valence-corrected chi connectivity index (χ1v) is 8.31. The van der Waals surface area contributed by atoms with Crippen LogP contribution >= 0.6 is 0 Å². The highest BCUT2D eigenvalue weighted by atomic mass is 14.4. The molecular weight excluding hydrogens is 240 g/mol. The highest BCUT2D eigenvalue weighted by Crippen LogP contribution is 2.43. The third kappa shape index (κ3) is 3.75. The van der Waals surface area contributed by atoms with Gasteiger partial charge in [0.05, 0.1) is 0 Å². The van der Waals surface area contributed by atoms with Crippen LogP contribution < -0.4 is 0 Å². The van der Waals surface area contributed by atoms with E-state index >= 15 is 0 Å². The number of benzene rings is 1. The van der Waals surface area contributed by atoms with Gasteiger partial charge < -0.3 is 0 Å². The second-order valence-electron chi connectivity index (χ2n) is 6.70. The van der Waals surface area contributed by atoms with E-state index in [1.165, 1.54) is 42.4 Å². The molecule has 110 valence electrons. The Labute approximate surface area is 125 Å². The molecule has 2 atom stereocenters. The summed E-state index contributed by atoms with van der Waals surface area (Å²) in [6.45, 7) is 11.5. The van der Waals surface area contributed by atoms with E-state index in [0.29, 0.717) is 0 Å². The zero-order valence-electron chi connectivity index (χ0n) is 13.9. The van der Waals surface area contributed by atoms with E-state index in [1.807, 2.05) is 0 Å². The van der Waals surface area contributed by atoms with Gasteiger partial charge in [-0.3, -0.25) is 0 Å². The average molecular weight is 270 g/mol. The Morgan fingerprint density at radius 1 is 1.10 bits per heavy atom. The second kappa shape index (κ2) is 6.61. The molecule has 20 heavy (non-hydrogen) atoms. The molecule has 2 unspecified atom stereocenters. The molecule has 0 N–H and O–H groups in total. The number of hydrogen-bond acceptors (Lipinski definition) is 0. The molecule has 1 saturated carbocycles. The molecule has 0 radical (unpaired) electrons. The van der Waals surface area contributed by atoms with Gasteiger partial charge in [0.2, 0.25) is 0 Å². The fraction of sp³-hybridized carbons (Fsp3) is 0.600. The summed E-state index contributed by atoms with van der Waals surface area (Å²) in [5.41, 5.74) is 7.78. The fourth-order valence-corrected chi connectivity index (χ4v) is 3.26. The molecule has 1 fully saturated rings. The summed E-state index contributed by atoms with van der Waals surface area (Å²) in [7, 11) is 0. The minimum Gasteiger partial charge on any atom is -0.0707 e. The second-order valence-corrected chi connectivity index (χ2v) is 6.70. The standard InChI is InChI=1S/C20H30/c1-6-17(18(7-2)13-20-11-16(20)5)12-19-10-14(3)8-9-15(19)4/h8-10,16,20H,6-7,11-13H2,1-5H3. The van der Waals surface area contributed by atoms with Crippen LogP contribution in [0, 0.1) is 25.7 Å². The maximum absolute atomic E-state index is 2.40. The van der Waals surface area contributed by atoms with Crippen LogP contribution in [0.2, 0.25) is 0 Å². The highest BCUT2D eigenvalue weighted by Gasteiger charge is 2.32.